The molecule has 0 spiro atoms. The normalized spacial score (nSPS) is 25.7. The molecule has 0 bridgehead atoms. The van der Waals surface area contributed by atoms with E-state index in [9.17, 15) is 0 Å². The number of rotatable bonds is 5. The quantitative estimate of drug-likeness (QED) is 0.701. The van der Waals surface area contributed by atoms with Crippen LogP contribution in [0.15, 0.2) is 12.7 Å². The molecule has 0 aromatic carbocycles. The van der Waals surface area contributed by atoms with Gasteiger partial charge in [-0.25, -0.2) is 4.98 Å². The molecule has 1 aromatic rings. The van der Waals surface area contributed by atoms with E-state index < -0.39 is 0 Å². The van der Waals surface area contributed by atoms with Gasteiger partial charge in [-0.1, -0.05) is 0 Å². The van der Waals surface area contributed by atoms with Gasteiger partial charge < -0.3 is 9.88 Å². The molecule has 6 heteroatoms. The maximum atomic E-state index is 4.88. The van der Waals surface area contributed by atoms with E-state index >= 15 is 0 Å². The summed E-state index contributed by atoms with van der Waals surface area (Å²) in [6.07, 6.45) is 7.00. The Bertz CT molecular complexity index is 280. The second-order valence-corrected chi connectivity index (χ2v) is 4.01. The molecule has 1 aromatic heterocycles. The van der Waals surface area contributed by atoms with E-state index in [-0.39, 0.29) is 0 Å². The Morgan fingerprint density at radius 2 is 2.53 bits per heavy atom. The molecule has 0 saturated heterocycles. The lowest BCUT2D eigenvalue weighted by atomic mass is 10.1. The first-order valence-electron chi connectivity index (χ1n) is 5.31. The Balaban J connectivity index is 1.73. The summed E-state index contributed by atoms with van der Waals surface area (Å²) in [5, 5.41) is 7.37. The van der Waals surface area contributed by atoms with Gasteiger partial charge in [-0.05, 0) is 31.2 Å². The van der Waals surface area contributed by atoms with Crippen molar-refractivity contribution in [2.24, 2.45) is 5.92 Å². The summed E-state index contributed by atoms with van der Waals surface area (Å²) < 4.78 is 6.79. The van der Waals surface area contributed by atoms with E-state index in [4.69, 9.17) is 4.65 Å². The average Bonchev–Trinajstić information content (AvgIpc) is 2.87. The summed E-state index contributed by atoms with van der Waals surface area (Å²) in [4.78, 5) is 3.94. The highest BCUT2D eigenvalue weighted by molar-refractivity contribution is 6.23. The van der Waals surface area contributed by atoms with Gasteiger partial charge in [-0.15, -0.1) is 0 Å². The smallest absolute Gasteiger partial charge is 0.395 e. The molecule has 1 N–H and O–H groups in total. The summed E-state index contributed by atoms with van der Waals surface area (Å²) in [5.41, 5.74) is 0. The Hall–Kier alpha value is -0.875. The Morgan fingerprint density at radius 1 is 1.60 bits per heavy atom. The summed E-state index contributed by atoms with van der Waals surface area (Å²) in [6, 6.07) is 0.554. The van der Waals surface area contributed by atoms with Crippen LogP contribution in [0.1, 0.15) is 19.3 Å². The molecule has 1 aliphatic rings. The van der Waals surface area contributed by atoms with E-state index in [1.165, 1.54) is 19.3 Å². The van der Waals surface area contributed by atoms with Gasteiger partial charge in [0.05, 0.1) is 0 Å². The van der Waals surface area contributed by atoms with Crippen LogP contribution < -0.4 is 5.23 Å². The lowest BCUT2D eigenvalue weighted by Gasteiger charge is -2.11. The average molecular weight is 207 g/mol. The van der Waals surface area contributed by atoms with Crippen LogP contribution in [0.3, 0.4) is 0 Å². The molecular formula is C9H16BN4O. The summed E-state index contributed by atoms with van der Waals surface area (Å²) >= 11 is 0. The van der Waals surface area contributed by atoms with Crippen molar-refractivity contribution >= 4 is 7.62 Å². The molecule has 1 radical (unpaired) electrons. The molecule has 81 valence electrons. The third-order valence-electron chi connectivity index (χ3n) is 2.87. The summed E-state index contributed by atoms with van der Waals surface area (Å²) in [5.74, 6) is 0.703. The second kappa shape index (κ2) is 5.28. The molecule has 2 rings (SSSR count). The predicted octanol–water partition coefficient (Wildman–Crippen LogP) is 0.217. The second-order valence-electron chi connectivity index (χ2n) is 4.01. The number of hydrogen-bond donors (Lipinski definition) is 1. The van der Waals surface area contributed by atoms with Gasteiger partial charge in [0.25, 0.3) is 0 Å². The van der Waals surface area contributed by atoms with Crippen molar-refractivity contribution in [1.82, 2.24) is 20.0 Å². The SMILES string of the molecule is CO[B]NC1CCC(Cn2cncn2)C1. The molecule has 1 aliphatic carbocycles. The van der Waals surface area contributed by atoms with E-state index in [2.05, 4.69) is 15.3 Å². The third-order valence-corrected chi connectivity index (χ3v) is 2.87. The van der Waals surface area contributed by atoms with Gasteiger partial charge >= 0.3 is 7.62 Å². The molecule has 15 heavy (non-hydrogen) atoms. The Morgan fingerprint density at radius 3 is 3.27 bits per heavy atom. The fraction of sp³-hybridized carbons (Fsp3) is 0.778. The van der Waals surface area contributed by atoms with Crippen LogP contribution in [0.4, 0.5) is 0 Å². The maximum absolute atomic E-state index is 4.88. The maximum Gasteiger partial charge on any atom is 0.395 e. The fourth-order valence-electron chi connectivity index (χ4n) is 2.15. The molecule has 1 heterocycles. The van der Waals surface area contributed by atoms with Gasteiger partial charge in [0.15, 0.2) is 0 Å². The zero-order chi connectivity index (χ0) is 10.5. The van der Waals surface area contributed by atoms with Crippen LogP contribution in [0.2, 0.25) is 0 Å². The highest BCUT2D eigenvalue weighted by atomic mass is 16.4. The van der Waals surface area contributed by atoms with Crippen molar-refractivity contribution in [3.63, 3.8) is 0 Å². The van der Waals surface area contributed by atoms with Gasteiger partial charge in [0.2, 0.25) is 0 Å². The Labute approximate surface area is 90.5 Å². The van der Waals surface area contributed by atoms with Gasteiger partial charge in [-0.3, -0.25) is 4.68 Å². The van der Waals surface area contributed by atoms with Crippen LogP contribution in [-0.2, 0) is 11.2 Å². The van der Waals surface area contributed by atoms with Crippen molar-refractivity contribution < 1.29 is 4.65 Å². The molecule has 2 unspecified atom stereocenters. The van der Waals surface area contributed by atoms with E-state index in [1.807, 2.05) is 4.68 Å². The molecule has 0 aliphatic heterocycles. The van der Waals surface area contributed by atoms with Crippen molar-refractivity contribution in [2.75, 3.05) is 7.11 Å². The molecule has 2 atom stereocenters. The number of nitrogens with one attached hydrogen (secondary N) is 1. The van der Waals surface area contributed by atoms with E-state index in [0.29, 0.717) is 12.0 Å². The lowest BCUT2D eigenvalue weighted by molar-refractivity contribution is 0.404. The topological polar surface area (TPSA) is 52.0 Å². The highest BCUT2D eigenvalue weighted by Gasteiger charge is 2.24. The zero-order valence-electron chi connectivity index (χ0n) is 8.97. The predicted molar refractivity (Wildman–Crippen MR) is 57.0 cm³/mol. The van der Waals surface area contributed by atoms with Gasteiger partial charge in [0, 0.05) is 13.7 Å². The number of nitrogens with zero attached hydrogens (tertiary/aromatic N) is 3. The summed E-state index contributed by atoms with van der Waals surface area (Å²) in [7, 11) is 3.33. The summed E-state index contributed by atoms with van der Waals surface area (Å²) in [6.45, 7) is 0.977. The van der Waals surface area contributed by atoms with Crippen LogP contribution in [0, 0.1) is 5.92 Å². The van der Waals surface area contributed by atoms with Crippen LogP contribution in [0.25, 0.3) is 0 Å². The highest BCUT2D eigenvalue weighted by Crippen LogP contribution is 2.26. The van der Waals surface area contributed by atoms with Crippen LogP contribution >= 0.6 is 0 Å². The largest absolute Gasteiger partial charge is 0.427 e. The standard InChI is InChI=1S/C9H16BN4O/c1-15-10-13-9-3-2-8(4-9)5-14-7-11-6-12-14/h6-9,13H,2-5H2,1H3. The molecular weight excluding hydrogens is 191 g/mol. The fourth-order valence-corrected chi connectivity index (χ4v) is 2.15. The van der Waals surface area contributed by atoms with Crippen molar-refractivity contribution in [2.45, 2.75) is 31.8 Å². The monoisotopic (exact) mass is 207 g/mol. The van der Waals surface area contributed by atoms with Gasteiger partial charge in [-0.2, -0.15) is 5.10 Å². The van der Waals surface area contributed by atoms with Gasteiger partial charge in [0.1, 0.15) is 12.7 Å². The lowest BCUT2D eigenvalue weighted by Crippen LogP contribution is -2.31. The number of hydrogen-bond acceptors (Lipinski definition) is 4. The molecule has 0 amide bonds. The minimum absolute atomic E-state index is 0.554. The van der Waals surface area contributed by atoms with Crippen molar-refractivity contribution in [3.8, 4) is 0 Å². The third kappa shape index (κ3) is 3.04. The van der Waals surface area contributed by atoms with Crippen LogP contribution in [-0.4, -0.2) is 35.5 Å². The molecule has 1 fully saturated rings. The van der Waals surface area contributed by atoms with E-state index in [0.717, 1.165) is 6.54 Å². The Kier molecular flexibility index (Phi) is 3.74. The van der Waals surface area contributed by atoms with E-state index in [1.54, 1.807) is 27.4 Å². The minimum atomic E-state index is 0.554. The van der Waals surface area contributed by atoms with Crippen LogP contribution in [0.5, 0.6) is 0 Å². The first-order chi connectivity index (χ1) is 7.38. The molecule has 1 saturated carbocycles. The minimum Gasteiger partial charge on any atom is -0.427 e. The molecule has 5 nitrogen and oxygen atoms in total. The number of aromatic nitrogens is 3. The first kappa shape index (κ1) is 10.6. The van der Waals surface area contributed by atoms with Crippen molar-refractivity contribution in [3.05, 3.63) is 12.7 Å². The zero-order valence-corrected chi connectivity index (χ0v) is 8.97. The van der Waals surface area contributed by atoms with Crippen molar-refractivity contribution in [1.29, 1.82) is 0 Å². The first-order valence-corrected chi connectivity index (χ1v) is 5.31.